The first-order valence-electron chi connectivity index (χ1n) is 6.41. The third-order valence-electron chi connectivity index (χ3n) is 3.45. The molecule has 0 bridgehead atoms. The molecule has 0 aromatic heterocycles. The lowest BCUT2D eigenvalue weighted by atomic mass is 10.1. The first-order chi connectivity index (χ1) is 9.10. The maximum absolute atomic E-state index is 12.3. The Balaban J connectivity index is 2.03. The second-order valence-corrected chi connectivity index (χ2v) is 4.89. The molecule has 19 heavy (non-hydrogen) atoms. The number of carbonyl (C=O) groups is 1. The smallest absolute Gasteiger partial charge is 0.180 e. The second kappa shape index (κ2) is 6.04. The molecule has 0 radical (unpaired) electrons. The molecule has 0 spiro atoms. The number of phenols is 1. The van der Waals surface area contributed by atoms with Crippen molar-refractivity contribution in [2.24, 2.45) is 0 Å². The molecular formula is C14H20N2O3. The van der Waals surface area contributed by atoms with E-state index in [0.717, 1.165) is 26.2 Å². The fourth-order valence-electron chi connectivity index (χ4n) is 2.20. The van der Waals surface area contributed by atoms with Gasteiger partial charge in [0, 0.05) is 32.2 Å². The number of piperazine rings is 1. The topological polar surface area (TPSA) is 53.0 Å². The van der Waals surface area contributed by atoms with Crippen molar-refractivity contribution in [3.63, 3.8) is 0 Å². The summed E-state index contributed by atoms with van der Waals surface area (Å²) in [4.78, 5) is 16.7. The standard InChI is InChI=1S/C14H20N2O3/c1-15-5-7-16(8-6-15)10-13(18)12-4-3-11(17)9-14(12)19-2/h3-4,9,17H,5-8,10H2,1-2H3. The van der Waals surface area contributed by atoms with Gasteiger partial charge in [-0.05, 0) is 19.2 Å². The van der Waals surface area contributed by atoms with Gasteiger partial charge in [0.05, 0.1) is 19.2 Å². The number of hydrogen-bond acceptors (Lipinski definition) is 5. The van der Waals surface area contributed by atoms with Crippen LogP contribution in [0, 0.1) is 0 Å². The first-order valence-corrected chi connectivity index (χ1v) is 6.41. The fraction of sp³-hybridized carbons (Fsp3) is 0.500. The molecule has 1 fully saturated rings. The summed E-state index contributed by atoms with van der Waals surface area (Å²) in [7, 11) is 3.59. The van der Waals surface area contributed by atoms with E-state index in [-0.39, 0.29) is 11.5 Å². The number of nitrogens with zero attached hydrogens (tertiary/aromatic N) is 2. The van der Waals surface area contributed by atoms with Gasteiger partial charge in [-0.15, -0.1) is 0 Å². The van der Waals surface area contributed by atoms with Gasteiger partial charge < -0.3 is 14.7 Å². The zero-order valence-corrected chi connectivity index (χ0v) is 11.4. The van der Waals surface area contributed by atoms with Crippen LogP contribution in [0.4, 0.5) is 0 Å². The molecule has 1 aromatic carbocycles. The zero-order valence-electron chi connectivity index (χ0n) is 11.4. The van der Waals surface area contributed by atoms with Crippen LogP contribution in [0.15, 0.2) is 18.2 Å². The number of methoxy groups -OCH3 is 1. The number of benzene rings is 1. The van der Waals surface area contributed by atoms with E-state index in [9.17, 15) is 9.90 Å². The number of hydrogen-bond donors (Lipinski definition) is 1. The van der Waals surface area contributed by atoms with Crippen LogP contribution in [0.1, 0.15) is 10.4 Å². The first kappa shape index (κ1) is 13.8. The number of ketones is 1. The molecule has 0 unspecified atom stereocenters. The predicted molar refractivity (Wildman–Crippen MR) is 72.9 cm³/mol. The summed E-state index contributed by atoms with van der Waals surface area (Å²) < 4.78 is 5.15. The van der Waals surface area contributed by atoms with Crippen molar-refractivity contribution in [2.45, 2.75) is 0 Å². The predicted octanol–water partition coefficient (Wildman–Crippen LogP) is 0.831. The molecule has 1 saturated heterocycles. The van der Waals surface area contributed by atoms with Crippen molar-refractivity contribution in [1.82, 2.24) is 9.80 Å². The summed E-state index contributed by atoms with van der Waals surface area (Å²) in [5.41, 5.74) is 0.527. The molecule has 0 atom stereocenters. The Morgan fingerprint density at radius 2 is 2.00 bits per heavy atom. The summed E-state index contributed by atoms with van der Waals surface area (Å²) in [5, 5.41) is 9.39. The molecule has 1 N–H and O–H groups in total. The van der Waals surface area contributed by atoms with Crippen LogP contribution < -0.4 is 4.74 Å². The van der Waals surface area contributed by atoms with Crippen molar-refractivity contribution < 1.29 is 14.6 Å². The van der Waals surface area contributed by atoms with Crippen LogP contribution in [0.25, 0.3) is 0 Å². The molecule has 104 valence electrons. The molecule has 1 aliphatic rings. The molecule has 2 rings (SSSR count). The maximum Gasteiger partial charge on any atom is 0.180 e. The molecule has 0 aliphatic carbocycles. The highest BCUT2D eigenvalue weighted by Crippen LogP contribution is 2.24. The van der Waals surface area contributed by atoms with Gasteiger partial charge in [-0.25, -0.2) is 0 Å². The number of aromatic hydroxyl groups is 1. The third-order valence-corrected chi connectivity index (χ3v) is 3.45. The molecule has 5 nitrogen and oxygen atoms in total. The van der Waals surface area contributed by atoms with Crippen molar-refractivity contribution in [1.29, 1.82) is 0 Å². The Hall–Kier alpha value is -1.59. The van der Waals surface area contributed by atoms with Gasteiger partial charge in [-0.2, -0.15) is 0 Å². The number of carbonyl (C=O) groups excluding carboxylic acids is 1. The lowest BCUT2D eigenvalue weighted by molar-refractivity contribution is 0.0873. The minimum Gasteiger partial charge on any atom is -0.508 e. The number of likely N-dealkylation sites (N-methyl/N-ethyl adjacent to an activating group) is 1. The van der Waals surface area contributed by atoms with E-state index in [1.165, 1.54) is 19.2 Å². The van der Waals surface area contributed by atoms with Crippen molar-refractivity contribution in [2.75, 3.05) is 46.9 Å². The number of Topliss-reactive ketones (excluding diaryl/α,β-unsaturated/α-hetero) is 1. The van der Waals surface area contributed by atoms with Gasteiger partial charge >= 0.3 is 0 Å². The Labute approximate surface area is 113 Å². The molecule has 0 amide bonds. The van der Waals surface area contributed by atoms with Crippen LogP contribution in [0.2, 0.25) is 0 Å². The zero-order chi connectivity index (χ0) is 13.8. The average Bonchev–Trinajstić information content (AvgIpc) is 2.41. The maximum atomic E-state index is 12.3. The highest BCUT2D eigenvalue weighted by Gasteiger charge is 2.19. The van der Waals surface area contributed by atoms with Crippen molar-refractivity contribution >= 4 is 5.78 Å². The minimum atomic E-state index is 0.0291. The van der Waals surface area contributed by atoms with E-state index >= 15 is 0 Å². The van der Waals surface area contributed by atoms with Crippen LogP contribution >= 0.6 is 0 Å². The largest absolute Gasteiger partial charge is 0.508 e. The van der Waals surface area contributed by atoms with E-state index in [2.05, 4.69) is 16.8 Å². The lowest BCUT2D eigenvalue weighted by Crippen LogP contribution is -2.46. The summed E-state index contributed by atoms with van der Waals surface area (Å²) in [6.45, 7) is 4.18. The van der Waals surface area contributed by atoms with Crippen molar-refractivity contribution in [3.05, 3.63) is 23.8 Å². The highest BCUT2D eigenvalue weighted by atomic mass is 16.5. The lowest BCUT2D eigenvalue weighted by Gasteiger charge is -2.31. The van der Waals surface area contributed by atoms with Crippen molar-refractivity contribution in [3.8, 4) is 11.5 Å². The normalized spacial score (nSPS) is 17.4. The quantitative estimate of drug-likeness (QED) is 0.816. The molecule has 1 aromatic rings. The molecule has 5 heteroatoms. The SMILES string of the molecule is COc1cc(O)ccc1C(=O)CN1CCN(C)CC1. The van der Waals surface area contributed by atoms with Crippen LogP contribution in [0.5, 0.6) is 11.5 Å². The van der Waals surface area contributed by atoms with E-state index in [4.69, 9.17) is 4.74 Å². The van der Waals surface area contributed by atoms with E-state index in [1.54, 1.807) is 6.07 Å². The van der Waals surface area contributed by atoms with E-state index in [0.29, 0.717) is 17.9 Å². The fourth-order valence-corrected chi connectivity index (χ4v) is 2.20. The Bertz CT molecular complexity index is 454. The van der Waals surface area contributed by atoms with E-state index in [1.807, 2.05) is 0 Å². The summed E-state index contributed by atoms with van der Waals surface area (Å²) in [6.07, 6.45) is 0. The van der Waals surface area contributed by atoms with Gasteiger partial charge in [-0.3, -0.25) is 9.69 Å². The molecule has 0 saturated carbocycles. The number of rotatable bonds is 4. The van der Waals surface area contributed by atoms with Crippen LogP contribution in [-0.2, 0) is 0 Å². The Kier molecular flexibility index (Phi) is 4.39. The monoisotopic (exact) mass is 264 g/mol. The summed E-state index contributed by atoms with van der Waals surface area (Å²) >= 11 is 0. The van der Waals surface area contributed by atoms with E-state index < -0.39 is 0 Å². The second-order valence-electron chi connectivity index (χ2n) is 4.89. The van der Waals surface area contributed by atoms with Crippen LogP contribution in [-0.4, -0.2) is 67.6 Å². The Morgan fingerprint density at radius 3 is 2.63 bits per heavy atom. The molecule has 1 heterocycles. The molecular weight excluding hydrogens is 244 g/mol. The molecule has 1 aliphatic heterocycles. The number of phenolic OH excluding ortho intramolecular Hbond substituents is 1. The van der Waals surface area contributed by atoms with Gasteiger partial charge in [-0.1, -0.05) is 0 Å². The summed E-state index contributed by atoms with van der Waals surface area (Å²) in [5.74, 6) is 0.563. The van der Waals surface area contributed by atoms with Gasteiger partial charge in [0.25, 0.3) is 0 Å². The van der Waals surface area contributed by atoms with Gasteiger partial charge in [0.2, 0.25) is 0 Å². The van der Waals surface area contributed by atoms with Crippen LogP contribution in [0.3, 0.4) is 0 Å². The Morgan fingerprint density at radius 1 is 1.32 bits per heavy atom. The average molecular weight is 264 g/mol. The van der Waals surface area contributed by atoms with Gasteiger partial charge in [0.15, 0.2) is 5.78 Å². The summed E-state index contributed by atoms with van der Waals surface area (Å²) in [6, 6.07) is 4.60. The number of ether oxygens (including phenoxy) is 1. The minimum absolute atomic E-state index is 0.0291. The highest BCUT2D eigenvalue weighted by molar-refractivity contribution is 6.00. The third kappa shape index (κ3) is 3.45. The van der Waals surface area contributed by atoms with Gasteiger partial charge in [0.1, 0.15) is 11.5 Å².